The van der Waals surface area contributed by atoms with Crippen LogP contribution in [-0.4, -0.2) is 57.2 Å². The van der Waals surface area contributed by atoms with E-state index in [4.69, 9.17) is 15.9 Å². The summed E-state index contributed by atoms with van der Waals surface area (Å²) in [7, 11) is 0. The molecule has 0 aliphatic rings. The van der Waals surface area contributed by atoms with Gasteiger partial charge in [-0.1, -0.05) is 55.0 Å². The molecule has 0 bridgehead atoms. The fourth-order valence-electron chi connectivity index (χ4n) is 3.80. The van der Waals surface area contributed by atoms with Gasteiger partial charge in [0, 0.05) is 18.0 Å². The Morgan fingerprint density at radius 1 is 0.902 bits per heavy atom. The number of benzene rings is 2. The molecule has 0 saturated heterocycles. The number of amides is 3. The first-order valence-corrected chi connectivity index (χ1v) is 13.2. The van der Waals surface area contributed by atoms with Crippen LogP contribution in [0.25, 0.3) is 0 Å². The van der Waals surface area contributed by atoms with E-state index in [0.29, 0.717) is 0 Å². The number of esters is 1. The van der Waals surface area contributed by atoms with Crippen molar-refractivity contribution in [2.75, 3.05) is 0 Å². The second-order valence-electron chi connectivity index (χ2n) is 11.5. The van der Waals surface area contributed by atoms with Gasteiger partial charge in [0.25, 0.3) is 5.91 Å². The average Bonchev–Trinajstić information content (AvgIpc) is 2.85. The maximum Gasteiger partial charge on any atom is 0.408 e. The van der Waals surface area contributed by atoms with Crippen molar-refractivity contribution in [1.82, 2.24) is 15.5 Å². The fourth-order valence-corrected chi connectivity index (χ4v) is 3.80. The summed E-state index contributed by atoms with van der Waals surface area (Å²) in [6.45, 7) is 11.5. The smallest absolute Gasteiger partial charge is 0.408 e. The molecule has 0 aliphatic carbocycles. The Hall–Kier alpha value is -4.52. The summed E-state index contributed by atoms with van der Waals surface area (Å²) in [5.74, 6) is -2.65. The van der Waals surface area contributed by atoms with E-state index in [9.17, 15) is 24.3 Å². The van der Waals surface area contributed by atoms with Crippen molar-refractivity contribution in [1.29, 1.82) is 0 Å². The number of carbonyl (C=O) groups is 4. The Bertz CT molecular complexity index is 1270. The largest absolute Gasteiger partial charge is 0.508 e. The summed E-state index contributed by atoms with van der Waals surface area (Å²) in [6.07, 6.45) is 4.96. The molecule has 2 aromatic carbocycles. The Morgan fingerprint density at radius 2 is 1.46 bits per heavy atom. The van der Waals surface area contributed by atoms with Gasteiger partial charge in [-0.25, -0.2) is 9.59 Å². The average molecular weight is 566 g/mol. The third-order valence-corrected chi connectivity index (χ3v) is 5.51. The van der Waals surface area contributed by atoms with Gasteiger partial charge in [0.15, 0.2) is 6.04 Å². The van der Waals surface area contributed by atoms with E-state index >= 15 is 0 Å². The monoisotopic (exact) mass is 565 g/mol. The van der Waals surface area contributed by atoms with E-state index in [1.807, 2.05) is 6.07 Å². The molecule has 10 heteroatoms. The van der Waals surface area contributed by atoms with Gasteiger partial charge in [-0.05, 0) is 60.1 Å². The number of nitrogens with zero attached hydrogens (tertiary/aromatic N) is 1. The van der Waals surface area contributed by atoms with Gasteiger partial charge in [-0.15, -0.1) is 0 Å². The minimum atomic E-state index is -1.56. The first kappa shape index (κ1) is 32.7. The van der Waals surface area contributed by atoms with Crippen molar-refractivity contribution in [2.24, 2.45) is 0 Å². The summed E-state index contributed by atoms with van der Waals surface area (Å²) in [4.78, 5) is 53.6. The Labute approximate surface area is 241 Å². The summed E-state index contributed by atoms with van der Waals surface area (Å²) < 4.78 is 10.8. The molecule has 220 valence electrons. The van der Waals surface area contributed by atoms with E-state index in [1.54, 1.807) is 77.9 Å². The number of hydrogen-bond donors (Lipinski definition) is 3. The predicted octanol–water partition coefficient (Wildman–Crippen LogP) is 3.84. The molecule has 0 radical (unpaired) electrons. The van der Waals surface area contributed by atoms with Gasteiger partial charge in [0.1, 0.15) is 29.0 Å². The van der Waals surface area contributed by atoms with Gasteiger partial charge in [-0.2, -0.15) is 0 Å². The van der Waals surface area contributed by atoms with Gasteiger partial charge < -0.3 is 25.2 Å². The predicted molar refractivity (Wildman–Crippen MR) is 153 cm³/mol. The van der Waals surface area contributed by atoms with Crippen molar-refractivity contribution >= 4 is 23.9 Å². The molecule has 10 nitrogen and oxygen atoms in total. The zero-order chi connectivity index (χ0) is 31.0. The van der Waals surface area contributed by atoms with Gasteiger partial charge in [-0.3, -0.25) is 14.5 Å². The molecule has 3 unspecified atom stereocenters. The Balaban J connectivity index is 2.45. The molecule has 2 aromatic rings. The summed E-state index contributed by atoms with van der Waals surface area (Å²) in [5.41, 5.74) is -0.879. The maximum absolute atomic E-state index is 13.9. The van der Waals surface area contributed by atoms with Crippen LogP contribution in [0.3, 0.4) is 0 Å². The number of aromatic hydroxyl groups is 1. The molecule has 3 N–H and O–H groups in total. The number of carbonyl (C=O) groups excluding carboxylic acids is 4. The van der Waals surface area contributed by atoms with Crippen molar-refractivity contribution in [3.05, 3.63) is 65.7 Å². The van der Waals surface area contributed by atoms with Gasteiger partial charge in [0.2, 0.25) is 5.91 Å². The van der Waals surface area contributed by atoms with Crippen LogP contribution in [0.15, 0.2) is 54.6 Å². The number of ether oxygens (including phenoxy) is 2. The van der Waals surface area contributed by atoms with Crippen LogP contribution in [-0.2, 0) is 30.3 Å². The van der Waals surface area contributed by atoms with Gasteiger partial charge in [0.05, 0.1) is 0 Å². The topological polar surface area (TPSA) is 134 Å². The van der Waals surface area contributed by atoms with E-state index in [1.165, 1.54) is 19.1 Å². The number of terminal acetylenes is 1. The number of phenolic OH excluding ortho intramolecular Hbond substituents is 1. The molecule has 0 spiro atoms. The lowest BCUT2D eigenvalue weighted by Crippen LogP contribution is -2.53. The minimum Gasteiger partial charge on any atom is -0.508 e. The van der Waals surface area contributed by atoms with Crippen LogP contribution in [0.1, 0.15) is 65.6 Å². The van der Waals surface area contributed by atoms with Gasteiger partial charge >= 0.3 is 12.1 Å². The van der Waals surface area contributed by atoms with E-state index in [0.717, 1.165) is 10.5 Å². The SMILES string of the molecule is C#CN(C(=O)C(C)NC(=O)OC(C)(C)C)C(C(=O)NC(Cc1ccccc1)C(=O)OC(C)(C)C)c1ccccc1O. The standard InChI is InChI=1S/C31H39N3O7/c1-9-34(27(37)20(2)32-29(39)41-31(6,7)8)25(22-17-13-14-18-24(22)35)26(36)33-23(28(38)40-30(3,4)5)19-21-15-11-10-12-16-21/h1,10-18,20,23,25,35H,19H2,2-8H3,(H,32,39)(H,33,36). The Morgan fingerprint density at radius 3 is 2.00 bits per heavy atom. The first-order valence-electron chi connectivity index (χ1n) is 13.2. The molecule has 0 fully saturated rings. The second-order valence-corrected chi connectivity index (χ2v) is 11.5. The molecule has 0 heterocycles. The summed E-state index contributed by atoms with van der Waals surface area (Å²) in [5, 5.41) is 15.7. The maximum atomic E-state index is 13.9. The lowest BCUT2D eigenvalue weighted by molar-refractivity contribution is -0.159. The zero-order valence-electron chi connectivity index (χ0n) is 24.6. The van der Waals surface area contributed by atoms with Crippen molar-refractivity contribution in [3.8, 4) is 18.2 Å². The molecule has 3 atom stereocenters. The van der Waals surface area contributed by atoms with E-state index in [-0.39, 0.29) is 17.7 Å². The third kappa shape index (κ3) is 10.2. The lowest BCUT2D eigenvalue weighted by atomic mass is 10.0. The van der Waals surface area contributed by atoms with Crippen molar-refractivity contribution in [3.63, 3.8) is 0 Å². The molecule has 3 amide bonds. The highest BCUT2D eigenvalue weighted by molar-refractivity contribution is 5.95. The Kier molecular flexibility index (Phi) is 10.9. The first-order chi connectivity index (χ1) is 19.0. The molecular weight excluding hydrogens is 526 g/mol. The van der Waals surface area contributed by atoms with E-state index < -0.39 is 53.2 Å². The fraction of sp³-hybridized carbons (Fsp3) is 0.419. The molecule has 0 aromatic heterocycles. The van der Waals surface area contributed by atoms with Crippen molar-refractivity contribution < 1.29 is 33.8 Å². The molecule has 2 rings (SSSR count). The number of alkyl carbamates (subject to hydrolysis) is 1. The van der Waals surface area contributed by atoms with Crippen LogP contribution in [0.4, 0.5) is 4.79 Å². The van der Waals surface area contributed by atoms with Crippen LogP contribution >= 0.6 is 0 Å². The van der Waals surface area contributed by atoms with Crippen molar-refractivity contribution in [2.45, 2.75) is 84.2 Å². The van der Waals surface area contributed by atoms with E-state index in [2.05, 4.69) is 16.7 Å². The number of nitrogens with one attached hydrogen (secondary N) is 2. The zero-order valence-corrected chi connectivity index (χ0v) is 24.6. The highest BCUT2D eigenvalue weighted by atomic mass is 16.6. The van der Waals surface area contributed by atoms with Crippen LogP contribution in [0.2, 0.25) is 0 Å². The van der Waals surface area contributed by atoms with Crippen LogP contribution in [0.5, 0.6) is 5.75 Å². The minimum absolute atomic E-state index is 0.0171. The quantitative estimate of drug-likeness (QED) is 0.239. The summed E-state index contributed by atoms with van der Waals surface area (Å²) >= 11 is 0. The molecule has 0 saturated carbocycles. The second kappa shape index (κ2) is 13.7. The molecule has 0 aliphatic heterocycles. The highest BCUT2D eigenvalue weighted by Crippen LogP contribution is 2.29. The third-order valence-electron chi connectivity index (χ3n) is 5.51. The van der Waals surface area contributed by atoms with Crippen LogP contribution < -0.4 is 10.6 Å². The van der Waals surface area contributed by atoms with Crippen LogP contribution in [0, 0.1) is 12.5 Å². The lowest BCUT2D eigenvalue weighted by Gasteiger charge is -2.31. The normalized spacial score (nSPS) is 13.5. The number of phenols is 1. The highest BCUT2D eigenvalue weighted by Gasteiger charge is 2.38. The summed E-state index contributed by atoms with van der Waals surface area (Å²) in [6, 6.07) is 13.2. The number of para-hydroxylation sites is 1. The number of rotatable bonds is 9. The number of hydrogen-bond acceptors (Lipinski definition) is 7. The molecular formula is C31H39N3O7. The molecule has 41 heavy (non-hydrogen) atoms.